The van der Waals surface area contributed by atoms with E-state index in [1.807, 2.05) is 6.07 Å². The average Bonchev–Trinajstić information content (AvgIpc) is 2.78. The maximum atomic E-state index is 6.73. The lowest BCUT2D eigenvalue weighted by atomic mass is 9.75. The molecule has 150 valence electrons. The molecule has 1 saturated carbocycles. The molecular weight excluding hydrogens is 358 g/mol. The summed E-state index contributed by atoms with van der Waals surface area (Å²) in [6.45, 7) is 0.858. The number of methoxy groups -OCH3 is 1. The van der Waals surface area contributed by atoms with E-state index in [4.69, 9.17) is 9.47 Å². The van der Waals surface area contributed by atoms with Gasteiger partial charge in [-0.3, -0.25) is 0 Å². The third-order valence-electron chi connectivity index (χ3n) is 6.76. The first-order valence-electron chi connectivity index (χ1n) is 10.8. The summed E-state index contributed by atoms with van der Waals surface area (Å²) in [5.74, 6) is 1.94. The van der Waals surface area contributed by atoms with Crippen LogP contribution in [0, 0.1) is 0 Å². The minimum absolute atomic E-state index is 0.0928. The molecule has 3 heteroatoms. The van der Waals surface area contributed by atoms with Crippen molar-refractivity contribution in [2.75, 3.05) is 7.11 Å². The molecule has 1 N–H and O–H groups in total. The summed E-state index contributed by atoms with van der Waals surface area (Å²) >= 11 is 0. The number of rotatable bonds is 4. The van der Waals surface area contributed by atoms with Crippen LogP contribution in [-0.2, 0) is 13.0 Å². The summed E-state index contributed by atoms with van der Waals surface area (Å²) in [7, 11) is 1.73. The Bertz CT molecular complexity index is 1000. The Balaban J connectivity index is 1.44. The molecule has 3 aromatic rings. The van der Waals surface area contributed by atoms with Crippen LogP contribution in [0.3, 0.4) is 0 Å². The Morgan fingerprint density at radius 3 is 2.69 bits per heavy atom. The van der Waals surface area contributed by atoms with Crippen LogP contribution in [0.2, 0.25) is 0 Å². The minimum Gasteiger partial charge on any atom is -0.497 e. The maximum Gasteiger partial charge on any atom is 0.125 e. The van der Waals surface area contributed by atoms with Gasteiger partial charge in [-0.2, -0.15) is 0 Å². The van der Waals surface area contributed by atoms with Crippen LogP contribution in [-0.4, -0.2) is 18.8 Å². The number of fused-ring (bicyclic) bond motifs is 2. The third kappa shape index (κ3) is 3.49. The molecule has 0 saturated heterocycles. The fraction of sp³-hybridized carbons (Fsp3) is 0.385. The topological polar surface area (TPSA) is 30.5 Å². The lowest BCUT2D eigenvalue weighted by Gasteiger charge is -2.47. The monoisotopic (exact) mass is 387 g/mol. The maximum absolute atomic E-state index is 6.73. The van der Waals surface area contributed by atoms with E-state index >= 15 is 0 Å². The van der Waals surface area contributed by atoms with Crippen molar-refractivity contribution < 1.29 is 9.47 Å². The van der Waals surface area contributed by atoms with Gasteiger partial charge in [0.1, 0.15) is 17.1 Å². The van der Waals surface area contributed by atoms with Gasteiger partial charge in [0.25, 0.3) is 0 Å². The molecule has 3 nitrogen and oxygen atoms in total. The van der Waals surface area contributed by atoms with Crippen molar-refractivity contribution in [3.63, 3.8) is 0 Å². The highest BCUT2D eigenvalue weighted by Crippen LogP contribution is 2.43. The molecular formula is C26H29NO2. The number of ether oxygens (including phenoxy) is 2. The van der Waals surface area contributed by atoms with Gasteiger partial charge in [-0.05, 0) is 72.2 Å². The van der Waals surface area contributed by atoms with Crippen LogP contribution in [0.25, 0.3) is 10.8 Å². The molecule has 0 bridgehead atoms. The highest BCUT2D eigenvalue weighted by molar-refractivity contribution is 5.85. The summed E-state index contributed by atoms with van der Waals surface area (Å²) in [5.41, 5.74) is 2.51. The minimum atomic E-state index is -0.0928. The van der Waals surface area contributed by atoms with Crippen molar-refractivity contribution in [2.45, 2.75) is 56.7 Å². The zero-order valence-electron chi connectivity index (χ0n) is 17.1. The van der Waals surface area contributed by atoms with Crippen molar-refractivity contribution in [3.05, 3.63) is 71.8 Å². The van der Waals surface area contributed by atoms with Gasteiger partial charge in [-0.25, -0.2) is 0 Å². The summed E-state index contributed by atoms with van der Waals surface area (Å²) in [4.78, 5) is 0. The Hall–Kier alpha value is -2.52. The van der Waals surface area contributed by atoms with E-state index in [1.165, 1.54) is 41.2 Å². The highest BCUT2D eigenvalue weighted by atomic mass is 16.5. The van der Waals surface area contributed by atoms with Gasteiger partial charge in [0, 0.05) is 6.54 Å². The molecule has 2 aliphatic rings. The molecule has 0 amide bonds. The Morgan fingerprint density at radius 1 is 1.00 bits per heavy atom. The van der Waals surface area contributed by atoms with Crippen LogP contribution >= 0.6 is 0 Å². The van der Waals surface area contributed by atoms with E-state index < -0.39 is 0 Å². The molecule has 1 fully saturated rings. The van der Waals surface area contributed by atoms with Crippen molar-refractivity contribution in [1.29, 1.82) is 0 Å². The predicted molar refractivity (Wildman–Crippen MR) is 118 cm³/mol. The van der Waals surface area contributed by atoms with E-state index in [1.54, 1.807) is 7.11 Å². The summed E-state index contributed by atoms with van der Waals surface area (Å²) < 4.78 is 12.2. The molecule has 29 heavy (non-hydrogen) atoms. The van der Waals surface area contributed by atoms with E-state index in [0.717, 1.165) is 37.3 Å². The second kappa shape index (κ2) is 7.72. The summed E-state index contributed by atoms with van der Waals surface area (Å²) in [6.07, 6.45) is 7.06. The number of benzene rings is 3. The van der Waals surface area contributed by atoms with E-state index in [2.05, 4.69) is 59.9 Å². The SMILES string of the molecule is COc1ccc2c(c1)CC(NCc1cccc3ccccc13)C1(CCCCC1)O2. The molecule has 1 aliphatic carbocycles. The third-order valence-corrected chi connectivity index (χ3v) is 6.76. The lowest BCUT2D eigenvalue weighted by molar-refractivity contribution is -0.0188. The Labute approximate surface area is 173 Å². The number of nitrogens with one attached hydrogen (secondary N) is 1. The molecule has 1 atom stereocenters. The Morgan fingerprint density at radius 2 is 1.83 bits per heavy atom. The van der Waals surface area contributed by atoms with Crippen molar-refractivity contribution >= 4 is 10.8 Å². The fourth-order valence-electron chi connectivity index (χ4n) is 5.18. The van der Waals surface area contributed by atoms with Gasteiger partial charge in [0.2, 0.25) is 0 Å². The van der Waals surface area contributed by atoms with E-state index in [-0.39, 0.29) is 5.60 Å². The molecule has 0 aromatic heterocycles. The van der Waals surface area contributed by atoms with Crippen LogP contribution in [0.1, 0.15) is 43.2 Å². The number of hydrogen-bond donors (Lipinski definition) is 1. The molecule has 3 aromatic carbocycles. The van der Waals surface area contributed by atoms with Crippen molar-refractivity contribution in [2.24, 2.45) is 0 Å². The van der Waals surface area contributed by atoms with Crippen molar-refractivity contribution in [3.8, 4) is 11.5 Å². The van der Waals surface area contributed by atoms with E-state index in [0.29, 0.717) is 6.04 Å². The van der Waals surface area contributed by atoms with Crippen LogP contribution < -0.4 is 14.8 Å². The van der Waals surface area contributed by atoms with Crippen LogP contribution in [0.4, 0.5) is 0 Å². The average molecular weight is 388 g/mol. The zero-order valence-corrected chi connectivity index (χ0v) is 17.1. The predicted octanol–water partition coefficient (Wildman–Crippen LogP) is 5.64. The quantitative estimate of drug-likeness (QED) is 0.628. The van der Waals surface area contributed by atoms with Gasteiger partial charge >= 0.3 is 0 Å². The summed E-state index contributed by atoms with van der Waals surface area (Å²) in [5, 5.41) is 6.54. The second-order valence-corrected chi connectivity index (χ2v) is 8.48. The Kier molecular flexibility index (Phi) is 4.92. The van der Waals surface area contributed by atoms with Crippen LogP contribution in [0.15, 0.2) is 60.7 Å². The van der Waals surface area contributed by atoms with Crippen LogP contribution in [0.5, 0.6) is 11.5 Å². The fourth-order valence-corrected chi connectivity index (χ4v) is 5.18. The zero-order chi connectivity index (χ0) is 19.7. The smallest absolute Gasteiger partial charge is 0.125 e. The molecule has 5 rings (SSSR count). The molecule has 1 unspecified atom stereocenters. The van der Waals surface area contributed by atoms with Gasteiger partial charge in [-0.15, -0.1) is 0 Å². The van der Waals surface area contributed by atoms with Gasteiger partial charge in [0.05, 0.1) is 13.2 Å². The lowest BCUT2D eigenvalue weighted by Crippen LogP contribution is -2.58. The van der Waals surface area contributed by atoms with E-state index in [9.17, 15) is 0 Å². The first kappa shape index (κ1) is 18.5. The first-order valence-corrected chi connectivity index (χ1v) is 10.8. The molecule has 1 heterocycles. The normalized spacial score (nSPS) is 20.2. The second-order valence-electron chi connectivity index (χ2n) is 8.48. The number of hydrogen-bond acceptors (Lipinski definition) is 3. The van der Waals surface area contributed by atoms with Gasteiger partial charge in [-0.1, -0.05) is 48.9 Å². The summed E-state index contributed by atoms with van der Waals surface area (Å²) in [6, 6.07) is 21.8. The first-order chi connectivity index (χ1) is 14.3. The van der Waals surface area contributed by atoms with Gasteiger partial charge < -0.3 is 14.8 Å². The highest BCUT2D eigenvalue weighted by Gasteiger charge is 2.45. The van der Waals surface area contributed by atoms with Gasteiger partial charge in [0.15, 0.2) is 0 Å². The molecule has 1 aliphatic heterocycles. The molecule has 1 spiro atoms. The standard InChI is InChI=1S/C26H29NO2/c1-28-22-12-13-24-21(16-22)17-25(26(29-24)14-5-2-6-15-26)27-18-20-10-7-9-19-8-3-4-11-23(19)20/h3-4,7-13,16,25,27H,2,5-6,14-15,17-18H2,1H3. The van der Waals surface area contributed by atoms with Crippen molar-refractivity contribution in [1.82, 2.24) is 5.32 Å². The largest absolute Gasteiger partial charge is 0.497 e. The molecule has 0 radical (unpaired) electrons.